The second kappa shape index (κ2) is 8.56. The summed E-state index contributed by atoms with van der Waals surface area (Å²) in [5.74, 6) is -3.97. The van der Waals surface area contributed by atoms with E-state index in [1.165, 1.54) is 31.2 Å². The third-order valence-corrected chi connectivity index (χ3v) is 3.25. The molecule has 1 aromatic carbocycles. The molecule has 0 atom stereocenters. The lowest BCUT2D eigenvalue weighted by Gasteiger charge is -2.22. The number of ether oxygens (including phenoxy) is 1. The number of rotatable bonds is 8. The molecule has 8 heteroatoms. The van der Waals surface area contributed by atoms with Gasteiger partial charge in [0.1, 0.15) is 0 Å². The molecule has 0 aliphatic rings. The van der Waals surface area contributed by atoms with E-state index in [4.69, 9.17) is 14.9 Å². The van der Waals surface area contributed by atoms with Crippen molar-refractivity contribution in [1.29, 1.82) is 0 Å². The van der Waals surface area contributed by atoms with Gasteiger partial charge in [0, 0.05) is 13.6 Å². The summed E-state index contributed by atoms with van der Waals surface area (Å²) in [6.07, 6.45) is 1.58. The minimum absolute atomic E-state index is 0.0299. The zero-order valence-electron chi connectivity index (χ0n) is 13.4. The molecule has 1 rings (SSSR count). The minimum atomic E-state index is -1.33. The summed E-state index contributed by atoms with van der Waals surface area (Å²) in [7, 11) is 1.61. The number of esters is 1. The molecular weight excluding hydrogens is 318 g/mol. The molecule has 0 aliphatic carbocycles. The molecule has 0 heterocycles. The predicted molar refractivity (Wildman–Crippen MR) is 85.6 cm³/mol. The molecule has 0 bridgehead atoms. The quantitative estimate of drug-likeness (QED) is 0.284. The smallest absolute Gasteiger partial charge is 0.373 e. The van der Waals surface area contributed by atoms with E-state index in [2.05, 4.69) is 0 Å². The van der Waals surface area contributed by atoms with E-state index in [1.807, 2.05) is 0 Å². The van der Waals surface area contributed by atoms with Crippen molar-refractivity contribution in [3.8, 4) is 0 Å². The summed E-state index contributed by atoms with van der Waals surface area (Å²) in [6.45, 7) is 1.85. The zero-order valence-corrected chi connectivity index (χ0v) is 13.4. The Kier molecular flexibility index (Phi) is 6.79. The van der Waals surface area contributed by atoms with Gasteiger partial charge in [-0.2, -0.15) is 0 Å². The molecule has 1 aromatic rings. The van der Waals surface area contributed by atoms with Crippen LogP contribution < -0.4 is 4.90 Å². The van der Waals surface area contributed by atoms with Crippen LogP contribution in [-0.2, 0) is 9.53 Å². The summed E-state index contributed by atoms with van der Waals surface area (Å²) < 4.78 is 4.83. The van der Waals surface area contributed by atoms with Crippen LogP contribution in [0.5, 0.6) is 0 Å². The van der Waals surface area contributed by atoms with Gasteiger partial charge in [0.25, 0.3) is 0 Å². The van der Waals surface area contributed by atoms with Crippen LogP contribution >= 0.6 is 0 Å². The van der Waals surface area contributed by atoms with Gasteiger partial charge in [0.15, 0.2) is 5.76 Å². The van der Waals surface area contributed by atoms with Crippen molar-refractivity contribution >= 4 is 23.6 Å². The molecule has 130 valence electrons. The molecule has 0 fully saturated rings. The first-order valence-electron chi connectivity index (χ1n) is 7.12. The maximum atomic E-state index is 11.4. The van der Waals surface area contributed by atoms with E-state index >= 15 is 0 Å². The summed E-state index contributed by atoms with van der Waals surface area (Å²) in [5, 5.41) is 27.5. The maximum Gasteiger partial charge on any atom is 0.373 e. The number of aliphatic hydroxyl groups excluding tert-OH is 1. The van der Waals surface area contributed by atoms with Crippen molar-refractivity contribution in [1.82, 2.24) is 0 Å². The van der Waals surface area contributed by atoms with Crippen molar-refractivity contribution in [2.45, 2.75) is 13.3 Å². The minimum Gasteiger partial charge on any atom is -0.502 e. The average molecular weight is 337 g/mol. The van der Waals surface area contributed by atoms with Gasteiger partial charge in [-0.25, -0.2) is 14.4 Å². The topological polar surface area (TPSA) is 124 Å². The van der Waals surface area contributed by atoms with Crippen LogP contribution in [0.15, 0.2) is 30.0 Å². The number of carbonyl (C=O) groups excluding carboxylic acids is 1. The highest BCUT2D eigenvalue weighted by Gasteiger charge is 2.21. The summed E-state index contributed by atoms with van der Waals surface area (Å²) >= 11 is 0. The van der Waals surface area contributed by atoms with Crippen LogP contribution in [0.4, 0.5) is 5.69 Å². The normalized spacial score (nSPS) is 11.0. The highest BCUT2D eigenvalue weighted by Crippen LogP contribution is 2.23. The van der Waals surface area contributed by atoms with Gasteiger partial charge < -0.3 is 25.0 Å². The predicted octanol–water partition coefficient (Wildman–Crippen LogP) is 1.91. The lowest BCUT2D eigenvalue weighted by Crippen LogP contribution is -2.24. The molecule has 0 aromatic heterocycles. The fraction of sp³-hybridized carbons (Fsp3) is 0.312. The van der Waals surface area contributed by atoms with Crippen LogP contribution in [0.25, 0.3) is 0 Å². The van der Waals surface area contributed by atoms with E-state index in [9.17, 15) is 19.5 Å². The first-order chi connectivity index (χ1) is 11.3. The number of hydrogen-bond donors (Lipinski definition) is 3. The number of allylic oxidation sites excluding steroid dienone is 1. The second-order valence-corrected chi connectivity index (χ2v) is 4.89. The first-order valence-corrected chi connectivity index (χ1v) is 7.12. The second-order valence-electron chi connectivity index (χ2n) is 4.89. The zero-order chi connectivity index (χ0) is 18.3. The molecule has 8 nitrogen and oxygen atoms in total. The number of hydrogen-bond acceptors (Lipinski definition) is 6. The van der Waals surface area contributed by atoms with Gasteiger partial charge in [-0.15, -0.1) is 0 Å². The van der Waals surface area contributed by atoms with Gasteiger partial charge in [-0.1, -0.05) is 6.07 Å². The van der Waals surface area contributed by atoms with Crippen molar-refractivity contribution in [2.24, 2.45) is 0 Å². The largest absolute Gasteiger partial charge is 0.502 e. The van der Waals surface area contributed by atoms with Crippen LogP contribution in [-0.4, -0.2) is 53.4 Å². The van der Waals surface area contributed by atoms with Gasteiger partial charge >= 0.3 is 17.9 Å². The molecular formula is C16H19NO7. The molecule has 0 saturated heterocycles. The molecule has 0 aliphatic heterocycles. The fourth-order valence-corrected chi connectivity index (χ4v) is 2.04. The Balaban J connectivity index is 2.77. The Morgan fingerprint density at radius 3 is 2.38 bits per heavy atom. The van der Waals surface area contributed by atoms with Gasteiger partial charge in [-0.3, -0.25) is 0 Å². The van der Waals surface area contributed by atoms with Crippen molar-refractivity contribution in [3.05, 3.63) is 41.2 Å². The maximum absolute atomic E-state index is 11.4. The summed E-state index contributed by atoms with van der Waals surface area (Å²) in [5.41, 5.74) is -0.336. The van der Waals surface area contributed by atoms with Crippen LogP contribution in [0.3, 0.4) is 0 Å². The van der Waals surface area contributed by atoms with Crippen molar-refractivity contribution in [2.75, 3.05) is 25.1 Å². The lowest BCUT2D eigenvalue weighted by atomic mass is 10.0. The highest BCUT2D eigenvalue weighted by atomic mass is 16.5. The van der Waals surface area contributed by atoms with Crippen LogP contribution in [0.1, 0.15) is 34.1 Å². The Hall–Kier alpha value is -3.03. The number of nitrogens with zero attached hydrogens (tertiary/aromatic N) is 1. The third kappa shape index (κ3) is 4.73. The molecule has 24 heavy (non-hydrogen) atoms. The third-order valence-electron chi connectivity index (χ3n) is 3.25. The van der Waals surface area contributed by atoms with Crippen LogP contribution in [0, 0.1) is 0 Å². The van der Waals surface area contributed by atoms with Crippen molar-refractivity contribution < 1.29 is 34.4 Å². The molecule has 0 amide bonds. The first kappa shape index (κ1) is 19.0. The Labute approximate surface area is 138 Å². The monoisotopic (exact) mass is 337 g/mol. The Bertz CT molecular complexity index is 666. The summed E-state index contributed by atoms with van der Waals surface area (Å²) in [4.78, 5) is 35.4. The van der Waals surface area contributed by atoms with E-state index in [0.717, 1.165) is 0 Å². The Morgan fingerprint density at radius 2 is 1.83 bits per heavy atom. The van der Waals surface area contributed by atoms with E-state index in [0.29, 0.717) is 13.0 Å². The summed E-state index contributed by atoms with van der Waals surface area (Å²) in [6, 6.07) is 4.20. The number of benzene rings is 1. The Morgan fingerprint density at radius 1 is 1.17 bits per heavy atom. The number of aromatic carboxylic acids is 2. The standard InChI is InChI=1S/C16H19NO7/c1-3-12(18)16(23)24-9-5-8-17(2)11-7-4-6-10(14(19)20)13(11)15(21)22/h3-4,6-7,18H,5,8-9H2,1-2H3,(H,19,20)(H,21,22). The number of carboxylic acid groups (broad SMARTS) is 2. The van der Waals surface area contributed by atoms with E-state index < -0.39 is 23.7 Å². The van der Waals surface area contributed by atoms with Crippen molar-refractivity contribution in [3.63, 3.8) is 0 Å². The van der Waals surface area contributed by atoms with Crippen LogP contribution in [0.2, 0.25) is 0 Å². The van der Waals surface area contributed by atoms with Gasteiger partial charge in [0.2, 0.25) is 0 Å². The van der Waals surface area contributed by atoms with E-state index in [-0.39, 0.29) is 23.4 Å². The van der Waals surface area contributed by atoms with Gasteiger partial charge in [-0.05, 0) is 31.6 Å². The number of carbonyl (C=O) groups is 3. The number of anilines is 1. The molecule has 3 N–H and O–H groups in total. The number of aliphatic hydroxyl groups is 1. The SMILES string of the molecule is CC=C(O)C(=O)OCCCN(C)c1cccc(C(=O)O)c1C(=O)O. The highest BCUT2D eigenvalue weighted by molar-refractivity contribution is 6.05. The molecule has 0 saturated carbocycles. The number of carboxylic acids is 2. The fourth-order valence-electron chi connectivity index (χ4n) is 2.04. The van der Waals surface area contributed by atoms with Gasteiger partial charge in [0.05, 0.1) is 23.4 Å². The molecule has 0 spiro atoms. The van der Waals surface area contributed by atoms with E-state index in [1.54, 1.807) is 11.9 Å². The molecule has 0 radical (unpaired) electrons. The average Bonchev–Trinajstić information content (AvgIpc) is 2.56. The lowest BCUT2D eigenvalue weighted by molar-refractivity contribution is -0.142. The molecule has 0 unspecified atom stereocenters.